The van der Waals surface area contributed by atoms with Crippen molar-refractivity contribution in [2.24, 2.45) is 0 Å². The van der Waals surface area contributed by atoms with E-state index in [-0.39, 0.29) is 6.10 Å². The minimum Gasteiger partial charge on any atom is -0.465 e. The largest absolute Gasteiger partial charge is 0.465 e. The van der Waals surface area contributed by atoms with E-state index in [4.69, 9.17) is 9.15 Å². The van der Waals surface area contributed by atoms with Crippen molar-refractivity contribution in [1.29, 1.82) is 0 Å². The number of nitrogens with zero attached hydrogens (tertiary/aromatic N) is 1. The maximum Gasteiger partial charge on any atom is 0.149 e. The molecule has 1 N–H and O–H groups in total. The molecule has 2 atom stereocenters. The Balaban J connectivity index is 2.04. The topological polar surface area (TPSA) is 45.8 Å². The molecule has 1 saturated heterocycles. The van der Waals surface area contributed by atoms with Crippen molar-refractivity contribution in [2.75, 3.05) is 26.2 Å². The molecule has 4 nitrogen and oxygen atoms in total. The number of hydrogen-bond acceptors (Lipinski definition) is 4. The summed E-state index contributed by atoms with van der Waals surface area (Å²) in [7, 11) is 0. The van der Waals surface area contributed by atoms with Crippen LogP contribution in [-0.2, 0) is 4.74 Å². The third-order valence-corrected chi connectivity index (χ3v) is 3.55. The van der Waals surface area contributed by atoms with Crippen LogP contribution in [0.3, 0.4) is 0 Å². The maximum absolute atomic E-state index is 10.2. The van der Waals surface area contributed by atoms with Gasteiger partial charge in [-0.25, -0.2) is 0 Å². The third-order valence-electron chi connectivity index (χ3n) is 2.89. The predicted molar refractivity (Wildman–Crippen MR) is 63.2 cm³/mol. The number of halogens is 1. The van der Waals surface area contributed by atoms with Gasteiger partial charge in [-0.3, -0.25) is 4.90 Å². The van der Waals surface area contributed by atoms with Gasteiger partial charge in [-0.05, 0) is 28.5 Å². The van der Waals surface area contributed by atoms with Gasteiger partial charge in [0.2, 0.25) is 0 Å². The Morgan fingerprint density at radius 2 is 2.50 bits per heavy atom. The van der Waals surface area contributed by atoms with E-state index in [1.165, 1.54) is 0 Å². The molecular weight excluding hydrogens is 274 g/mol. The number of furan rings is 1. The van der Waals surface area contributed by atoms with E-state index in [9.17, 15) is 5.11 Å². The molecule has 90 valence electrons. The molecule has 1 aliphatic rings. The van der Waals surface area contributed by atoms with Gasteiger partial charge in [-0.15, -0.1) is 0 Å². The number of rotatable bonds is 3. The molecule has 0 amide bonds. The number of ether oxygens (including phenoxy) is 1. The second-order valence-electron chi connectivity index (χ2n) is 3.88. The summed E-state index contributed by atoms with van der Waals surface area (Å²) >= 11 is 3.34. The molecule has 2 rings (SSSR count). The molecule has 0 aromatic carbocycles. The van der Waals surface area contributed by atoms with Crippen molar-refractivity contribution < 1.29 is 14.3 Å². The molecule has 0 spiro atoms. The molecule has 0 bridgehead atoms. The molecule has 2 unspecified atom stereocenters. The average Bonchev–Trinajstić information content (AvgIpc) is 2.74. The minimum atomic E-state index is -0.710. The highest BCUT2D eigenvalue weighted by molar-refractivity contribution is 9.10. The molecule has 1 aromatic rings. The van der Waals surface area contributed by atoms with Crippen molar-refractivity contribution in [1.82, 2.24) is 4.90 Å². The van der Waals surface area contributed by atoms with E-state index < -0.39 is 6.10 Å². The van der Waals surface area contributed by atoms with Crippen LogP contribution in [0.1, 0.15) is 18.8 Å². The first-order chi connectivity index (χ1) is 7.72. The first-order valence-corrected chi connectivity index (χ1v) is 6.26. The summed E-state index contributed by atoms with van der Waals surface area (Å²) in [6.07, 6.45) is 0.637. The zero-order valence-electron chi connectivity index (χ0n) is 9.23. The lowest BCUT2D eigenvalue weighted by atomic mass is 10.1. The normalized spacial score (nSPS) is 24.6. The standard InChI is InChI=1S/C11H16BrNO3/c1-2-13-4-6-15-9(7-13)10(14)11-8(12)3-5-16-11/h3,5,9-10,14H,2,4,6-7H2,1H3. The van der Waals surface area contributed by atoms with Crippen molar-refractivity contribution in [3.8, 4) is 0 Å². The van der Waals surface area contributed by atoms with Crippen LogP contribution in [0.4, 0.5) is 0 Å². The summed E-state index contributed by atoms with van der Waals surface area (Å²) in [6, 6.07) is 1.78. The number of aliphatic hydroxyl groups is 1. The Labute approximate surface area is 103 Å². The van der Waals surface area contributed by atoms with Gasteiger partial charge in [0.15, 0.2) is 0 Å². The fourth-order valence-electron chi connectivity index (χ4n) is 1.90. The quantitative estimate of drug-likeness (QED) is 0.922. The molecule has 16 heavy (non-hydrogen) atoms. The summed E-state index contributed by atoms with van der Waals surface area (Å²) in [5.74, 6) is 0.544. The Hall–Kier alpha value is -0.360. The molecule has 0 saturated carbocycles. The van der Waals surface area contributed by atoms with E-state index in [1.807, 2.05) is 0 Å². The number of hydrogen-bond donors (Lipinski definition) is 1. The van der Waals surface area contributed by atoms with Gasteiger partial charge in [0, 0.05) is 13.1 Å². The average molecular weight is 290 g/mol. The zero-order valence-corrected chi connectivity index (χ0v) is 10.8. The van der Waals surface area contributed by atoms with Crippen LogP contribution in [-0.4, -0.2) is 42.4 Å². The highest BCUT2D eigenvalue weighted by atomic mass is 79.9. The second-order valence-corrected chi connectivity index (χ2v) is 4.73. The Kier molecular flexibility index (Phi) is 4.02. The molecule has 1 aliphatic heterocycles. The molecule has 0 aliphatic carbocycles. The van der Waals surface area contributed by atoms with Crippen LogP contribution in [0.2, 0.25) is 0 Å². The Morgan fingerprint density at radius 1 is 1.69 bits per heavy atom. The minimum absolute atomic E-state index is 0.212. The first kappa shape index (κ1) is 12.1. The molecule has 2 heterocycles. The molecule has 0 radical (unpaired) electrons. The van der Waals surface area contributed by atoms with Crippen LogP contribution in [0, 0.1) is 0 Å². The smallest absolute Gasteiger partial charge is 0.149 e. The van der Waals surface area contributed by atoms with E-state index in [0.717, 1.165) is 24.1 Å². The summed E-state index contributed by atoms with van der Waals surface area (Å²) in [4.78, 5) is 2.26. The third kappa shape index (κ3) is 2.48. The molecule has 5 heteroatoms. The van der Waals surface area contributed by atoms with Gasteiger partial charge < -0.3 is 14.3 Å². The lowest BCUT2D eigenvalue weighted by Gasteiger charge is -2.33. The van der Waals surface area contributed by atoms with E-state index >= 15 is 0 Å². The van der Waals surface area contributed by atoms with Crippen molar-refractivity contribution in [3.63, 3.8) is 0 Å². The van der Waals surface area contributed by atoms with Crippen LogP contribution in [0.15, 0.2) is 21.2 Å². The van der Waals surface area contributed by atoms with Crippen molar-refractivity contribution in [2.45, 2.75) is 19.1 Å². The molecular formula is C11H16BrNO3. The lowest BCUT2D eigenvalue weighted by molar-refractivity contribution is -0.0946. The number of aliphatic hydroxyl groups excluding tert-OH is 1. The summed E-state index contributed by atoms with van der Waals surface area (Å²) in [5.41, 5.74) is 0. The van der Waals surface area contributed by atoms with Gasteiger partial charge in [0.25, 0.3) is 0 Å². The van der Waals surface area contributed by atoms with Crippen molar-refractivity contribution in [3.05, 3.63) is 22.6 Å². The maximum atomic E-state index is 10.2. The first-order valence-electron chi connectivity index (χ1n) is 5.47. The van der Waals surface area contributed by atoms with E-state index in [1.54, 1.807) is 12.3 Å². The summed E-state index contributed by atoms with van der Waals surface area (Å²) in [5, 5.41) is 10.2. The lowest BCUT2D eigenvalue weighted by Crippen LogP contribution is -2.44. The fourth-order valence-corrected chi connectivity index (χ4v) is 2.33. The van der Waals surface area contributed by atoms with Gasteiger partial charge >= 0.3 is 0 Å². The Bertz CT molecular complexity index is 342. The van der Waals surface area contributed by atoms with Crippen molar-refractivity contribution >= 4 is 15.9 Å². The van der Waals surface area contributed by atoms with Gasteiger partial charge in [-0.2, -0.15) is 0 Å². The van der Waals surface area contributed by atoms with Crippen LogP contribution < -0.4 is 0 Å². The van der Waals surface area contributed by atoms with E-state index in [0.29, 0.717) is 12.4 Å². The highest BCUT2D eigenvalue weighted by Crippen LogP contribution is 2.29. The van der Waals surface area contributed by atoms with Gasteiger partial charge in [-0.1, -0.05) is 6.92 Å². The molecule has 1 aromatic heterocycles. The highest BCUT2D eigenvalue weighted by Gasteiger charge is 2.30. The van der Waals surface area contributed by atoms with Crippen LogP contribution >= 0.6 is 15.9 Å². The SMILES string of the molecule is CCN1CCOC(C(O)c2occc2Br)C1. The summed E-state index contributed by atoms with van der Waals surface area (Å²) < 4.78 is 11.6. The Morgan fingerprint density at radius 3 is 3.12 bits per heavy atom. The number of likely N-dealkylation sites (N-methyl/N-ethyl adjacent to an activating group) is 1. The zero-order chi connectivity index (χ0) is 11.5. The van der Waals surface area contributed by atoms with Crippen LogP contribution in [0.5, 0.6) is 0 Å². The van der Waals surface area contributed by atoms with Gasteiger partial charge in [0.1, 0.15) is 18.0 Å². The number of morpholine rings is 1. The van der Waals surface area contributed by atoms with Crippen LogP contribution in [0.25, 0.3) is 0 Å². The predicted octanol–water partition coefficient (Wildman–Crippen LogP) is 1.80. The molecule has 1 fully saturated rings. The fraction of sp³-hybridized carbons (Fsp3) is 0.636. The summed E-state index contributed by atoms with van der Waals surface area (Å²) in [6.45, 7) is 5.42. The van der Waals surface area contributed by atoms with E-state index in [2.05, 4.69) is 27.8 Å². The second kappa shape index (κ2) is 5.31. The monoisotopic (exact) mass is 289 g/mol. The van der Waals surface area contributed by atoms with Gasteiger partial charge in [0.05, 0.1) is 17.3 Å².